The highest BCUT2D eigenvalue weighted by Crippen LogP contribution is 2.36. The van der Waals surface area contributed by atoms with Gasteiger partial charge in [-0.15, -0.1) is 0 Å². The lowest BCUT2D eigenvalue weighted by atomic mass is 9.84. The van der Waals surface area contributed by atoms with E-state index in [1.165, 1.54) is 18.2 Å². The van der Waals surface area contributed by atoms with Crippen LogP contribution in [0.5, 0.6) is 5.75 Å². The lowest BCUT2D eigenvalue weighted by Gasteiger charge is -2.28. The Balaban J connectivity index is 2.69. The van der Waals surface area contributed by atoms with Gasteiger partial charge in [-0.1, -0.05) is 42.5 Å². The van der Waals surface area contributed by atoms with Crippen LogP contribution in [0.1, 0.15) is 23.6 Å². The van der Waals surface area contributed by atoms with E-state index in [1.807, 2.05) is 0 Å². The first-order valence-electron chi connectivity index (χ1n) is 7.10. The van der Waals surface area contributed by atoms with E-state index in [4.69, 9.17) is 21.6 Å². The smallest absolute Gasteiger partial charge is 0.258 e. The van der Waals surface area contributed by atoms with Crippen molar-refractivity contribution in [3.05, 3.63) is 65.2 Å². The number of hydrogen-bond donors (Lipinski definition) is 4. The van der Waals surface area contributed by atoms with E-state index in [0.29, 0.717) is 17.7 Å². The topological polar surface area (TPSA) is 122 Å². The molecule has 0 radical (unpaired) electrons. The molecule has 6 heteroatoms. The van der Waals surface area contributed by atoms with E-state index in [9.17, 15) is 9.90 Å². The quantitative estimate of drug-likeness (QED) is 0.471. The van der Waals surface area contributed by atoms with Crippen molar-refractivity contribution in [1.29, 1.82) is 5.41 Å². The first-order chi connectivity index (χ1) is 10.9. The highest BCUT2D eigenvalue weighted by atomic mass is 16.5. The van der Waals surface area contributed by atoms with Crippen molar-refractivity contribution in [2.45, 2.75) is 12.5 Å². The second-order valence-corrected chi connectivity index (χ2v) is 5.00. The lowest BCUT2D eigenvalue weighted by Crippen LogP contribution is -2.42. The molecule has 0 aliphatic carbocycles. The summed E-state index contributed by atoms with van der Waals surface area (Å²) >= 11 is 0. The number of nitrogens with two attached hydrogens (primary N) is 2. The van der Waals surface area contributed by atoms with Crippen LogP contribution in [0, 0.1) is 5.41 Å². The molecule has 0 saturated heterocycles. The molecule has 2 rings (SSSR count). The zero-order valence-electron chi connectivity index (χ0n) is 12.7. The Morgan fingerprint density at radius 2 is 1.87 bits per heavy atom. The number of nitrogen functional groups attached to an aromatic ring is 1. The van der Waals surface area contributed by atoms with Crippen LogP contribution >= 0.6 is 0 Å². The maximum atomic E-state index is 12.0. The number of hydrogen-bond acceptors (Lipinski definition) is 4. The molecule has 0 aliphatic rings. The Bertz CT molecular complexity index is 731. The van der Waals surface area contributed by atoms with Crippen LogP contribution in [0.4, 0.5) is 0 Å². The van der Waals surface area contributed by atoms with E-state index in [2.05, 4.69) is 0 Å². The fourth-order valence-electron chi connectivity index (χ4n) is 2.37. The molecule has 2 aromatic carbocycles. The van der Waals surface area contributed by atoms with Crippen molar-refractivity contribution in [2.24, 2.45) is 11.5 Å². The Labute approximate surface area is 134 Å². The molecule has 0 fully saturated rings. The molecule has 6 N–H and O–H groups in total. The number of primary amides is 1. The maximum Gasteiger partial charge on any atom is 0.258 e. The van der Waals surface area contributed by atoms with Gasteiger partial charge >= 0.3 is 0 Å². The van der Waals surface area contributed by atoms with Crippen LogP contribution in [0.3, 0.4) is 0 Å². The van der Waals surface area contributed by atoms with Crippen molar-refractivity contribution in [2.75, 3.05) is 6.61 Å². The second-order valence-electron chi connectivity index (χ2n) is 5.00. The van der Waals surface area contributed by atoms with Crippen LogP contribution < -0.4 is 16.2 Å². The minimum absolute atomic E-state index is 0.139. The molecular formula is C17H19N3O3. The van der Waals surface area contributed by atoms with Gasteiger partial charge in [-0.3, -0.25) is 10.2 Å². The summed E-state index contributed by atoms with van der Waals surface area (Å²) in [5.74, 6) is -0.801. The minimum Gasteiger partial charge on any atom is -0.493 e. The lowest BCUT2D eigenvalue weighted by molar-refractivity contribution is -0.133. The molecule has 2 aromatic rings. The molecule has 0 bridgehead atoms. The Morgan fingerprint density at radius 1 is 1.22 bits per heavy atom. The van der Waals surface area contributed by atoms with E-state index in [-0.39, 0.29) is 17.1 Å². The van der Waals surface area contributed by atoms with Crippen LogP contribution in [0.25, 0.3) is 0 Å². The zero-order chi connectivity index (χ0) is 17.0. The molecule has 0 aliphatic heterocycles. The monoisotopic (exact) mass is 313 g/mol. The summed E-state index contributed by atoms with van der Waals surface area (Å²) in [7, 11) is 0. The molecule has 1 amide bonds. The van der Waals surface area contributed by atoms with Crippen molar-refractivity contribution in [3.8, 4) is 5.75 Å². The number of rotatable bonds is 6. The molecule has 1 unspecified atom stereocenters. The van der Waals surface area contributed by atoms with Crippen molar-refractivity contribution >= 4 is 11.7 Å². The summed E-state index contributed by atoms with van der Waals surface area (Å²) in [6, 6.07) is 12.9. The number of carbonyl (C=O) groups excluding carboxylic acids is 1. The second kappa shape index (κ2) is 6.50. The largest absolute Gasteiger partial charge is 0.493 e. The number of ether oxygens (including phenoxy) is 1. The van der Waals surface area contributed by atoms with E-state index >= 15 is 0 Å². The van der Waals surface area contributed by atoms with Gasteiger partial charge in [0.1, 0.15) is 11.6 Å². The van der Waals surface area contributed by atoms with Gasteiger partial charge in [0.05, 0.1) is 6.61 Å². The van der Waals surface area contributed by atoms with E-state index in [0.717, 1.165) is 0 Å². The van der Waals surface area contributed by atoms with Gasteiger partial charge in [-0.05, 0) is 18.6 Å². The number of aliphatic hydroxyl groups is 1. The standard InChI is InChI=1S/C17H19N3O3/c1-2-23-14-10-11(15(18)19)8-9-13(14)17(22,16(20)21)12-6-4-3-5-7-12/h3-10,22H,2H2,1H3,(H3,18,19)(H2,20,21). The van der Waals surface area contributed by atoms with Gasteiger partial charge in [0.15, 0.2) is 5.60 Å². The normalized spacial score (nSPS) is 13.1. The van der Waals surface area contributed by atoms with Crippen LogP contribution in [-0.2, 0) is 10.4 Å². The average Bonchev–Trinajstić information content (AvgIpc) is 2.55. The van der Waals surface area contributed by atoms with Crippen molar-refractivity contribution < 1.29 is 14.6 Å². The molecule has 6 nitrogen and oxygen atoms in total. The summed E-state index contributed by atoms with van der Waals surface area (Å²) in [4.78, 5) is 12.0. The number of benzene rings is 2. The SMILES string of the molecule is CCOc1cc(C(=N)N)ccc1C(O)(C(N)=O)c1ccccc1. The van der Waals surface area contributed by atoms with Crippen LogP contribution in [-0.4, -0.2) is 23.5 Å². The molecular weight excluding hydrogens is 294 g/mol. The average molecular weight is 313 g/mol. The van der Waals surface area contributed by atoms with Gasteiger partial charge in [-0.25, -0.2) is 0 Å². The Hall–Kier alpha value is -2.86. The van der Waals surface area contributed by atoms with Gasteiger partial charge < -0.3 is 21.3 Å². The summed E-state index contributed by atoms with van der Waals surface area (Å²) < 4.78 is 5.53. The minimum atomic E-state index is -2.04. The predicted octanol–water partition coefficient (Wildman–Crippen LogP) is 1.09. The highest BCUT2D eigenvalue weighted by Gasteiger charge is 2.40. The maximum absolute atomic E-state index is 12.0. The summed E-state index contributed by atoms with van der Waals surface area (Å²) in [6.45, 7) is 2.09. The summed E-state index contributed by atoms with van der Waals surface area (Å²) in [5.41, 5.74) is 9.90. The van der Waals surface area contributed by atoms with Gasteiger partial charge in [0.2, 0.25) is 0 Å². The van der Waals surface area contributed by atoms with Crippen LogP contribution in [0.2, 0.25) is 0 Å². The molecule has 0 spiro atoms. The van der Waals surface area contributed by atoms with Crippen molar-refractivity contribution in [1.82, 2.24) is 0 Å². The summed E-state index contributed by atoms with van der Waals surface area (Å²) in [6.07, 6.45) is 0. The zero-order valence-corrected chi connectivity index (χ0v) is 12.7. The number of amidine groups is 1. The number of amides is 1. The van der Waals surface area contributed by atoms with Crippen molar-refractivity contribution in [3.63, 3.8) is 0 Å². The summed E-state index contributed by atoms with van der Waals surface area (Å²) in [5, 5.41) is 18.5. The molecule has 0 heterocycles. The van der Waals surface area contributed by atoms with E-state index < -0.39 is 11.5 Å². The van der Waals surface area contributed by atoms with E-state index in [1.54, 1.807) is 37.3 Å². The first kappa shape index (κ1) is 16.5. The van der Waals surface area contributed by atoms with Gasteiger partial charge in [0.25, 0.3) is 5.91 Å². The molecule has 23 heavy (non-hydrogen) atoms. The third-order valence-electron chi connectivity index (χ3n) is 3.53. The van der Waals surface area contributed by atoms with Gasteiger partial charge in [0, 0.05) is 11.1 Å². The Morgan fingerprint density at radius 3 is 2.39 bits per heavy atom. The third-order valence-corrected chi connectivity index (χ3v) is 3.53. The first-order valence-corrected chi connectivity index (χ1v) is 7.10. The van der Waals surface area contributed by atoms with Gasteiger partial charge in [-0.2, -0.15) is 0 Å². The molecule has 1 atom stereocenters. The fourth-order valence-corrected chi connectivity index (χ4v) is 2.37. The predicted molar refractivity (Wildman–Crippen MR) is 87.3 cm³/mol. The number of carbonyl (C=O) groups is 1. The molecule has 0 aromatic heterocycles. The third kappa shape index (κ3) is 3.02. The van der Waals surface area contributed by atoms with Crippen LogP contribution in [0.15, 0.2) is 48.5 Å². The number of nitrogens with one attached hydrogen (secondary N) is 1. The molecule has 0 saturated carbocycles. The fraction of sp³-hybridized carbons (Fsp3) is 0.176. The highest BCUT2D eigenvalue weighted by molar-refractivity contribution is 5.96. The Kier molecular flexibility index (Phi) is 4.66. The molecule has 120 valence electrons.